The Hall–Kier alpha value is -2.02. The van der Waals surface area contributed by atoms with E-state index in [4.69, 9.17) is 5.73 Å². The number of carbonyl (C=O) groups excluding carboxylic acids is 1. The van der Waals surface area contributed by atoms with Crippen LogP contribution in [0.3, 0.4) is 0 Å². The molecule has 1 fully saturated rings. The fourth-order valence-electron chi connectivity index (χ4n) is 2.22. The van der Waals surface area contributed by atoms with Gasteiger partial charge in [-0.2, -0.15) is 0 Å². The first-order valence-corrected chi connectivity index (χ1v) is 5.91. The summed E-state index contributed by atoms with van der Waals surface area (Å²) in [6.07, 6.45) is 0.671. The zero-order valence-corrected chi connectivity index (χ0v) is 10.4. The van der Waals surface area contributed by atoms with Crippen molar-refractivity contribution in [1.82, 2.24) is 4.90 Å². The molecule has 0 radical (unpaired) electrons. The van der Waals surface area contributed by atoms with Crippen molar-refractivity contribution in [3.63, 3.8) is 0 Å². The van der Waals surface area contributed by atoms with E-state index in [1.54, 1.807) is 0 Å². The summed E-state index contributed by atoms with van der Waals surface area (Å²) in [6.45, 7) is 2.29. The molecule has 2 rings (SSSR count). The molecule has 1 aromatic carbocycles. The number of halogens is 1. The Morgan fingerprint density at radius 2 is 2.21 bits per heavy atom. The number of non-ortho nitro benzene ring substituents is 1. The van der Waals surface area contributed by atoms with Gasteiger partial charge in [0.1, 0.15) is 5.82 Å². The topological polar surface area (TPSA) is 89.5 Å². The number of nitro benzene ring substituents is 1. The fraction of sp³-hybridized carbons (Fsp3) is 0.417. The summed E-state index contributed by atoms with van der Waals surface area (Å²) in [4.78, 5) is 23.7. The lowest BCUT2D eigenvalue weighted by molar-refractivity contribution is -0.385. The van der Waals surface area contributed by atoms with Crippen molar-refractivity contribution in [3.8, 4) is 0 Å². The van der Waals surface area contributed by atoms with Gasteiger partial charge in [-0.3, -0.25) is 14.9 Å². The molecule has 0 aliphatic carbocycles. The van der Waals surface area contributed by atoms with Crippen LogP contribution in [-0.4, -0.2) is 34.4 Å². The number of nitro groups is 1. The number of nitrogens with zero attached hydrogens (tertiary/aromatic N) is 2. The molecular formula is C12H14FN3O3. The number of hydrogen-bond acceptors (Lipinski definition) is 4. The van der Waals surface area contributed by atoms with Crippen molar-refractivity contribution < 1.29 is 14.1 Å². The Morgan fingerprint density at radius 3 is 2.74 bits per heavy atom. The molecule has 1 aliphatic rings. The molecule has 1 heterocycles. The average molecular weight is 267 g/mol. The first-order valence-electron chi connectivity index (χ1n) is 5.91. The highest BCUT2D eigenvalue weighted by Crippen LogP contribution is 2.22. The highest BCUT2D eigenvalue weighted by molar-refractivity contribution is 5.95. The molecule has 0 bridgehead atoms. The van der Waals surface area contributed by atoms with E-state index in [9.17, 15) is 19.3 Å². The zero-order chi connectivity index (χ0) is 14.2. The number of carbonyl (C=O) groups is 1. The Bertz CT molecular complexity index is 535. The van der Waals surface area contributed by atoms with E-state index in [-0.39, 0.29) is 17.6 Å². The molecular weight excluding hydrogens is 253 g/mol. The summed E-state index contributed by atoms with van der Waals surface area (Å²) in [5, 5.41) is 10.7. The smallest absolute Gasteiger partial charge is 0.273 e. The summed E-state index contributed by atoms with van der Waals surface area (Å²) in [5.74, 6) is -1.23. The van der Waals surface area contributed by atoms with Crippen molar-refractivity contribution in [2.24, 2.45) is 5.73 Å². The number of benzene rings is 1. The summed E-state index contributed by atoms with van der Waals surface area (Å²) in [6, 6.07) is 2.60. The van der Waals surface area contributed by atoms with Crippen LogP contribution in [0.2, 0.25) is 0 Å². The normalized spacial score (nSPS) is 22.6. The molecule has 2 atom stereocenters. The predicted octanol–water partition coefficient (Wildman–Crippen LogP) is 1.30. The van der Waals surface area contributed by atoms with Crippen LogP contribution in [-0.2, 0) is 0 Å². The van der Waals surface area contributed by atoms with E-state index in [0.717, 1.165) is 18.2 Å². The van der Waals surface area contributed by atoms with Crippen LogP contribution < -0.4 is 5.73 Å². The number of amides is 1. The van der Waals surface area contributed by atoms with Crippen molar-refractivity contribution in [1.29, 1.82) is 0 Å². The monoisotopic (exact) mass is 267 g/mol. The predicted molar refractivity (Wildman–Crippen MR) is 66.1 cm³/mol. The van der Waals surface area contributed by atoms with E-state index in [1.165, 1.54) is 4.90 Å². The van der Waals surface area contributed by atoms with Crippen molar-refractivity contribution >= 4 is 11.6 Å². The van der Waals surface area contributed by atoms with E-state index < -0.39 is 22.3 Å². The quantitative estimate of drug-likeness (QED) is 0.646. The second kappa shape index (κ2) is 4.93. The van der Waals surface area contributed by atoms with Gasteiger partial charge in [-0.15, -0.1) is 0 Å². The number of hydrogen-bond donors (Lipinski definition) is 1. The van der Waals surface area contributed by atoms with Gasteiger partial charge in [0.05, 0.1) is 11.0 Å². The highest BCUT2D eigenvalue weighted by atomic mass is 19.1. The zero-order valence-electron chi connectivity index (χ0n) is 10.4. The van der Waals surface area contributed by atoms with Crippen LogP contribution in [0.4, 0.5) is 10.1 Å². The minimum absolute atomic E-state index is 0.0207. The molecule has 1 aromatic rings. The van der Waals surface area contributed by atoms with Crippen molar-refractivity contribution in [2.45, 2.75) is 25.4 Å². The maximum atomic E-state index is 13.3. The van der Waals surface area contributed by atoms with Gasteiger partial charge in [0.25, 0.3) is 11.6 Å². The fourth-order valence-corrected chi connectivity index (χ4v) is 2.22. The first-order chi connectivity index (χ1) is 8.90. The average Bonchev–Trinajstić information content (AvgIpc) is 2.68. The van der Waals surface area contributed by atoms with Gasteiger partial charge in [0.15, 0.2) is 0 Å². The highest BCUT2D eigenvalue weighted by Gasteiger charge is 2.32. The van der Waals surface area contributed by atoms with Gasteiger partial charge >= 0.3 is 0 Å². The Balaban J connectivity index is 2.31. The minimum Gasteiger partial charge on any atom is -0.334 e. The molecule has 1 aliphatic heterocycles. The molecule has 19 heavy (non-hydrogen) atoms. The third kappa shape index (κ3) is 2.55. The standard InChI is InChI=1S/C12H14FN3O3/c1-7-11(14)2-3-15(7)12(17)8-4-9(13)6-10(5-8)16(18)19/h4-7,11H,2-3,14H2,1H3. The second-order valence-electron chi connectivity index (χ2n) is 4.65. The number of likely N-dealkylation sites (tertiary alicyclic amines) is 1. The lowest BCUT2D eigenvalue weighted by atomic mass is 10.1. The van der Waals surface area contributed by atoms with Gasteiger partial charge in [0.2, 0.25) is 0 Å². The molecule has 1 amide bonds. The SMILES string of the molecule is CC1C(N)CCN1C(=O)c1cc(F)cc([N+](=O)[O-])c1. The second-order valence-corrected chi connectivity index (χ2v) is 4.65. The Morgan fingerprint density at radius 1 is 1.53 bits per heavy atom. The largest absolute Gasteiger partial charge is 0.334 e. The summed E-state index contributed by atoms with van der Waals surface area (Å²) in [7, 11) is 0. The summed E-state index contributed by atoms with van der Waals surface area (Å²) >= 11 is 0. The Kier molecular flexibility index (Phi) is 3.48. The molecule has 1 saturated heterocycles. The number of nitrogens with two attached hydrogens (primary N) is 1. The van der Waals surface area contributed by atoms with Crippen molar-refractivity contribution in [3.05, 3.63) is 39.7 Å². The van der Waals surface area contributed by atoms with Crippen LogP contribution >= 0.6 is 0 Å². The maximum absolute atomic E-state index is 13.3. The lowest BCUT2D eigenvalue weighted by Gasteiger charge is -2.23. The Labute approximate surface area is 109 Å². The van der Waals surface area contributed by atoms with Crippen LogP contribution in [0.25, 0.3) is 0 Å². The van der Waals surface area contributed by atoms with Crippen LogP contribution in [0.15, 0.2) is 18.2 Å². The molecule has 0 aromatic heterocycles. The van der Waals surface area contributed by atoms with E-state index in [1.807, 2.05) is 6.92 Å². The molecule has 2 unspecified atom stereocenters. The van der Waals surface area contributed by atoms with Crippen molar-refractivity contribution in [2.75, 3.05) is 6.54 Å². The minimum atomic E-state index is -0.798. The van der Waals surface area contributed by atoms with Gasteiger partial charge in [-0.25, -0.2) is 4.39 Å². The van der Waals surface area contributed by atoms with E-state index in [0.29, 0.717) is 13.0 Å². The summed E-state index contributed by atoms with van der Waals surface area (Å²) < 4.78 is 13.3. The third-order valence-corrected chi connectivity index (χ3v) is 3.42. The molecule has 0 spiro atoms. The molecule has 7 heteroatoms. The lowest BCUT2D eigenvalue weighted by Crippen LogP contribution is -2.40. The first kappa shape index (κ1) is 13.4. The molecule has 0 saturated carbocycles. The number of rotatable bonds is 2. The van der Waals surface area contributed by atoms with Crippen LogP contribution in [0, 0.1) is 15.9 Å². The summed E-state index contributed by atoms with van der Waals surface area (Å²) in [5.41, 5.74) is 5.36. The van der Waals surface area contributed by atoms with Gasteiger partial charge in [-0.05, 0) is 19.4 Å². The van der Waals surface area contributed by atoms with E-state index in [2.05, 4.69) is 0 Å². The maximum Gasteiger partial charge on any atom is 0.273 e. The van der Waals surface area contributed by atoms with Crippen LogP contribution in [0.5, 0.6) is 0 Å². The van der Waals surface area contributed by atoms with Gasteiger partial charge in [0, 0.05) is 30.3 Å². The van der Waals surface area contributed by atoms with Gasteiger partial charge in [-0.1, -0.05) is 0 Å². The third-order valence-electron chi connectivity index (χ3n) is 3.42. The van der Waals surface area contributed by atoms with Crippen LogP contribution in [0.1, 0.15) is 23.7 Å². The van der Waals surface area contributed by atoms with Gasteiger partial charge < -0.3 is 10.6 Å². The molecule has 102 valence electrons. The van der Waals surface area contributed by atoms with E-state index >= 15 is 0 Å². The molecule has 6 nitrogen and oxygen atoms in total. The molecule has 2 N–H and O–H groups in total.